The van der Waals surface area contributed by atoms with Gasteiger partial charge in [-0.05, 0) is 51.6 Å². The Bertz CT molecular complexity index is 439. The molecule has 1 N–H and O–H groups in total. The number of rotatable bonds is 6. The van der Waals surface area contributed by atoms with Gasteiger partial charge in [0, 0.05) is 26.3 Å². The van der Waals surface area contributed by atoms with Crippen LogP contribution >= 0.6 is 0 Å². The van der Waals surface area contributed by atoms with E-state index in [9.17, 15) is 5.11 Å². The standard InChI is InChI=1S/C16H29N3O2/c1-16(2,3)21-12-15(20)11-19-6-5-13(10-19)7-14-8-17-18(4)9-14/h8-9,13,15,20H,5-7,10-12H2,1-4H3. The van der Waals surface area contributed by atoms with Gasteiger partial charge in [-0.2, -0.15) is 5.10 Å². The van der Waals surface area contributed by atoms with E-state index in [4.69, 9.17) is 4.74 Å². The average molecular weight is 295 g/mol. The van der Waals surface area contributed by atoms with Crippen LogP contribution in [-0.4, -0.2) is 57.7 Å². The van der Waals surface area contributed by atoms with Crippen LogP contribution in [0.5, 0.6) is 0 Å². The van der Waals surface area contributed by atoms with Crippen LogP contribution in [-0.2, 0) is 18.2 Å². The van der Waals surface area contributed by atoms with Crippen molar-refractivity contribution in [1.29, 1.82) is 0 Å². The van der Waals surface area contributed by atoms with Gasteiger partial charge in [0.05, 0.1) is 24.5 Å². The van der Waals surface area contributed by atoms with Crippen molar-refractivity contribution in [3.05, 3.63) is 18.0 Å². The van der Waals surface area contributed by atoms with Crippen LogP contribution in [0.1, 0.15) is 32.8 Å². The van der Waals surface area contributed by atoms with Gasteiger partial charge in [-0.25, -0.2) is 0 Å². The van der Waals surface area contributed by atoms with E-state index in [1.165, 1.54) is 12.0 Å². The van der Waals surface area contributed by atoms with Crippen molar-refractivity contribution >= 4 is 0 Å². The van der Waals surface area contributed by atoms with Crippen LogP contribution in [0, 0.1) is 5.92 Å². The first kappa shape index (κ1) is 16.5. The molecule has 2 rings (SSSR count). The van der Waals surface area contributed by atoms with E-state index < -0.39 is 6.10 Å². The summed E-state index contributed by atoms with van der Waals surface area (Å²) in [5.74, 6) is 0.671. The summed E-state index contributed by atoms with van der Waals surface area (Å²) in [5.41, 5.74) is 1.12. The third-order valence-electron chi connectivity index (χ3n) is 3.83. The zero-order valence-corrected chi connectivity index (χ0v) is 13.7. The van der Waals surface area contributed by atoms with Gasteiger partial charge >= 0.3 is 0 Å². The Hall–Kier alpha value is -0.910. The van der Waals surface area contributed by atoms with Crippen LogP contribution in [0.4, 0.5) is 0 Å². The van der Waals surface area contributed by atoms with Crippen LogP contribution in [0.2, 0.25) is 0 Å². The lowest BCUT2D eigenvalue weighted by Crippen LogP contribution is -2.35. The number of hydrogen-bond acceptors (Lipinski definition) is 4. The first-order valence-electron chi connectivity index (χ1n) is 7.84. The van der Waals surface area contributed by atoms with Crippen molar-refractivity contribution in [3.8, 4) is 0 Å². The largest absolute Gasteiger partial charge is 0.389 e. The molecule has 0 amide bonds. The van der Waals surface area contributed by atoms with E-state index in [-0.39, 0.29) is 5.60 Å². The molecule has 0 spiro atoms. The van der Waals surface area contributed by atoms with Gasteiger partial charge in [-0.15, -0.1) is 0 Å². The zero-order valence-electron chi connectivity index (χ0n) is 13.7. The lowest BCUT2D eigenvalue weighted by Gasteiger charge is -2.24. The fourth-order valence-electron chi connectivity index (χ4n) is 2.85. The molecule has 0 aliphatic carbocycles. The Morgan fingerprint density at radius 2 is 2.24 bits per heavy atom. The molecule has 1 saturated heterocycles. The molecule has 5 heteroatoms. The molecule has 1 aromatic rings. The van der Waals surface area contributed by atoms with Crippen molar-refractivity contribution in [3.63, 3.8) is 0 Å². The average Bonchev–Trinajstić information content (AvgIpc) is 2.96. The van der Waals surface area contributed by atoms with Gasteiger partial charge in [0.15, 0.2) is 0 Å². The van der Waals surface area contributed by atoms with Gasteiger partial charge in [-0.1, -0.05) is 0 Å². The second kappa shape index (κ2) is 6.90. The summed E-state index contributed by atoms with van der Waals surface area (Å²) in [7, 11) is 1.95. The van der Waals surface area contributed by atoms with Crippen LogP contribution in [0.15, 0.2) is 12.4 Å². The summed E-state index contributed by atoms with van der Waals surface area (Å²) in [6.45, 7) is 9.28. The number of likely N-dealkylation sites (tertiary alicyclic amines) is 1. The molecule has 120 valence electrons. The minimum Gasteiger partial charge on any atom is -0.389 e. The van der Waals surface area contributed by atoms with Crippen LogP contribution in [0.25, 0.3) is 0 Å². The molecule has 0 saturated carbocycles. The van der Waals surface area contributed by atoms with Gasteiger partial charge in [0.25, 0.3) is 0 Å². The van der Waals surface area contributed by atoms with E-state index in [2.05, 4.69) is 16.2 Å². The molecule has 2 unspecified atom stereocenters. The first-order valence-corrected chi connectivity index (χ1v) is 7.84. The van der Waals surface area contributed by atoms with E-state index in [0.29, 0.717) is 19.1 Å². The van der Waals surface area contributed by atoms with Gasteiger partial charge in [0.2, 0.25) is 0 Å². The van der Waals surface area contributed by atoms with E-state index in [1.54, 1.807) is 0 Å². The number of aliphatic hydroxyl groups excluding tert-OH is 1. The summed E-state index contributed by atoms with van der Waals surface area (Å²) in [5, 5.41) is 14.3. The minimum atomic E-state index is -0.402. The Balaban J connectivity index is 1.70. The lowest BCUT2D eigenvalue weighted by molar-refractivity contribution is -0.0549. The molecule has 1 aliphatic rings. The van der Waals surface area contributed by atoms with Crippen molar-refractivity contribution in [2.45, 2.75) is 45.3 Å². The predicted molar refractivity (Wildman–Crippen MR) is 83.2 cm³/mol. The predicted octanol–water partition coefficient (Wildman–Crippen LogP) is 1.46. The van der Waals surface area contributed by atoms with E-state index >= 15 is 0 Å². The molecule has 21 heavy (non-hydrogen) atoms. The smallest absolute Gasteiger partial charge is 0.0900 e. The number of β-amino-alcohol motifs (C(OH)–C–C–N with tert-alkyl or cyclic N) is 1. The molecule has 5 nitrogen and oxygen atoms in total. The highest BCUT2D eigenvalue weighted by atomic mass is 16.5. The van der Waals surface area contributed by atoms with E-state index in [1.807, 2.05) is 38.7 Å². The third-order valence-corrected chi connectivity index (χ3v) is 3.83. The molecular weight excluding hydrogens is 266 g/mol. The number of aryl methyl sites for hydroxylation is 1. The number of aromatic nitrogens is 2. The Morgan fingerprint density at radius 3 is 2.86 bits per heavy atom. The second-order valence-electron chi connectivity index (χ2n) is 7.22. The summed E-state index contributed by atoms with van der Waals surface area (Å²) >= 11 is 0. The van der Waals surface area contributed by atoms with Crippen molar-refractivity contribution in [1.82, 2.24) is 14.7 Å². The number of hydrogen-bond donors (Lipinski definition) is 1. The summed E-state index contributed by atoms with van der Waals surface area (Å²) in [6.07, 6.45) is 5.92. The topological polar surface area (TPSA) is 50.5 Å². The summed E-state index contributed by atoms with van der Waals surface area (Å²) in [6, 6.07) is 0. The number of ether oxygens (including phenoxy) is 1. The maximum absolute atomic E-state index is 10.1. The highest BCUT2D eigenvalue weighted by molar-refractivity contribution is 5.05. The maximum Gasteiger partial charge on any atom is 0.0900 e. The molecule has 2 heterocycles. The van der Waals surface area contributed by atoms with Gasteiger partial charge in [0.1, 0.15) is 0 Å². The molecule has 1 fully saturated rings. The van der Waals surface area contributed by atoms with Crippen molar-refractivity contribution in [2.75, 3.05) is 26.2 Å². The monoisotopic (exact) mass is 295 g/mol. The minimum absolute atomic E-state index is 0.186. The molecule has 2 atom stereocenters. The SMILES string of the molecule is Cn1cc(CC2CCN(CC(O)COC(C)(C)C)C2)cn1. The zero-order chi connectivity index (χ0) is 15.5. The van der Waals surface area contributed by atoms with Crippen LogP contribution < -0.4 is 0 Å². The normalized spacial score (nSPS) is 21.9. The van der Waals surface area contributed by atoms with Gasteiger partial charge in [-0.3, -0.25) is 4.68 Å². The quantitative estimate of drug-likeness (QED) is 0.863. The lowest BCUT2D eigenvalue weighted by atomic mass is 10.0. The molecular formula is C16H29N3O2. The summed E-state index contributed by atoms with van der Waals surface area (Å²) < 4.78 is 7.50. The molecule has 1 aliphatic heterocycles. The Morgan fingerprint density at radius 1 is 1.48 bits per heavy atom. The Kier molecular flexibility index (Phi) is 5.41. The second-order valence-corrected chi connectivity index (χ2v) is 7.22. The third kappa shape index (κ3) is 5.77. The number of nitrogens with zero attached hydrogens (tertiary/aromatic N) is 3. The van der Waals surface area contributed by atoms with Crippen LogP contribution in [0.3, 0.4) is 0 Å². The number of aliphatic hydroxyl groups is 1. The molecule has 0 aromatic carbocycles. The first-order chi connectivity index (χ1) is 9.82. The highest BCUT2D eigenvalue weighted by Gasteiger charge is 2.25. The van der Waals surface area contributed by atoms with Crippen molar-refractivity contribution in [2.24, 2.45) is 13.0 Å². The van der Waals surface area contributed by atoms with Gasteiger partial charge < -0.3 is 14.7 Å². The highest BCUT2D eigenvalue weighted by Crippen LogP contribution is 2.21. The Labute approximate surface area is 127 Å². The molecule has 0 radical (unpaired) electrons. The fraction of sp³-hybridized carbons (Fsp3) is 0.812. The summed E-state index contributed by atoms with van der Waals surface area (Å²) in [4.78, 5) is 2.34. The maximum atomic E-state index is 10.1. The van der Waals surface area contributed by atoms with E-state index in [0.717, 1.165) is 19.5 Å². The molecule has 0 bridgehead atoms. The van der Waals surface area contributed by atoms with Crippen molar-refractivity contribution < 1.29 is 9.84 Å². The fourth-order valence-corrected chi connectivity index (χ4v) is 2.85. The molecule has 1 aromatic heterocycles.